The van der Waals surface area contributed by atoms with Crippen molar-refractivity contribution in [3.8, 4) is 11.5 Å². The van der Waals surface area contributed by atoms with Crippen molar-refractivity contribution in [2.24, 2.45) is 0 Å². The molecule has 0 saturated carbocycles. The molecule has 0 radical (unpaired) electrons. The van der Waals surface area contributed by atoms with E-state index in [0.717, 1.165) is 47.1 Å². The highest BCUT2D eigenvalue weighted by molar-refractivity contribution is 9.10. The van der Waals surface area contributed by atoms with Crippen molar-refractivity contribution in [2.75, 3.05) is 13.1 Å². The van der Waals surface area contributed by atoms with Gasteiger partial charge in [-0.25, -0.2) is 0 Å². The molecular formula is C20H18BrN3O2S. The molecule has 0 unspecified atom stereocenters. The van der Waals surface area contributed by atoms with Crippen LogP contribution in [0.1, 0.15) is 28.8 Å². The molecule has 1 aliphatic heterocycles. The number of amides is 1. The number of halogens is 1. The molecule has 0 aliphatic carbocycles. The van der Waals surface area contributed by atoms with Crippen molar-refractivity contribution < 1.29 is 9.21 Å². The summed E-state index contributed by atoms with van der Waals surface area (Å²) >= 11 is 4.93. The second kappa shape index (κ2) is 8.27. The number of benzene rings is 2. The zero-order valence-electron chi connectivity index (χ0n) is 14.6. The molecule has 0 N–H and O–H groups in total. The molecule has 138 valence electrons. The highest BCUT2D eigenvalue weighted by Crippen LogP contribution is 2.27. The zero-order chi connectivity index (χ0) is 18.6. The molecule has 1 saturated heterocycles. The molecule has 2 heterocycles. The van der Waals surface area contributed by atoms with Crippen molar-refractivity contribution in [1.29, 1.82) is 0 Å². The van der Waals surface area contributed by atoms with Crippen LogP contribution in [0.2, 0.25) is 0 Å². The number of hydrogen-bond donors (Lipinski definition) is 0. The first-order chi connectivity index (χ1) is 13.2. The molecule has 1 aliphatic rings. The van der Waals surface area contributed by atoms with E-state index < -0.39 is 0 Å². The standard InChI is InChI=1S/C20H18BrN3O2S/c21-17-5-3-4-16(12-17)18-22-23-20(26-18)27-13-14-6-8-15(9-7-14)19(25)24-10-1-2-11-24/h3-9,12H,1-2,10-11,13H2. The Hall–Kier alpha value is -2.12. The van der Waals surface area contributed by atoms with E-state index in [0.29, 0.717) is 16.9 Å². The van der Waals surface area contributed by atoms with Gasteiger partial charge in [0.05, 0.1) is 0 Å². The molecule has 4 rings (SSSR count). The van der Waals surface area contributed by atoms with Crippen LogP contribution in [0.4, 0.5) is 0 Å². The van der Waals surface area contributed by atoms with Crippen molar-refractivity contribution in [1.82, 2.24) is 15.1 Å². The molecule has 27 heavy (non-hydrogen) atoms. The minimum atomic E-state index is 0.127. The highest BCUT2D eigenvalue weighted by Gasteiger charge is 2.19. The molecule has 0 bridgehead atoms. The van der Waals surface area contributed by atoms with Gasteiger partial charge >= 0.3 is 0 Å². The summed E-state index contributed by atoms with van der Waals surface area (Å²) in [5, 5.41) is 8.75. The van der Waals surface area contributed by atoms with Gasteiger partial charge in [-0.2, -0.15) is 0 Å². The molecule has 2 aromatic carbocycles. The number of carbonyl (C=O) groups excluding carboxylic acids is 1. The van der Waals surface area contributed by atoms with Crippen LogP contribution in [-0.4, -0.2) is 34.1 Å². The largest absolute Gasteiger partial charge is 0.411 e. The Morgan fingerprint density at radius 2 is 1.89 bits per heavy atom. The summed E-state index contributed by atoms with van der Waals surface area (Å²) in [6, 6.07) is 15.5. The van der Waals surface area contributed by atoms with E-state index in [1.54, 1.807) is 0 Å². The van der Waals surface area contributed by atoms with Gasteiger partial charge in [0.15, 0.2) is 0 Å². The maximum absolute atomic E-state index is 12.4. The molecule has 1 aromatic heterocycles. The van der Waals surface area contributed by atoms with Crippen LogP contribution < -0.4 is 0 Å². The third-order valence-corrected chi connectivity index (χ3v) is 5.82. The average Bonchev–Trinajstić information content (AvgIpc) is 3.38. The summed E-state index contributed by atoms with van der Waals surface area (Å²) in [5.41, 5.74) is 2.74. The van der Waals surface area contributed by atoms with Crippen LogP contribution in [-0.2, 0) is 5.75 Å². The fourth-order valence-corrected chi connectivity index (χ4v) is 4.12. The Morgan fingerprint density at radius 3 is 2.63 bits per heavy atom. The Labute approximate surface area is 170 Å². The summed E-state index contributed by atoms with van der Waals surface area (Å²) in [4.78, 5) is 14.3. The smallest absolute Gasteiger partial charge is 0.277 e. The Balaban J connectivity index is 1.37. The normalized spacial score (nSPS) is 13.9. The number of carbonyl (C=O) groups is 1. The Bertz CT molecular complexity index is 936. The predicted octanol–water partition coefficient (Wildman–Crippen LogP) is 5.03. The Kier molecular flexibility index (Phi) is 5.59. The highest BCUT2D eigenvalue weighted by atomic mass is 79.9. The monoisotopic (exact) mass is 443 g/mol. The van der Waals surface area contributed by atoms with Crippen molar-refractivity contribution >= 4 is 33.6 Å². The molecule has 1 amide bonds. The van der Waals surface area contributed by atoms with Crippen LogP contribution in [0, 0.1) is 0 Å². The maximum atomic E-state index is 12.4. The zero-order valence-corrected chi connectivity index (χ0v) is 17.0. The van der Waals surface area contributed by atoms with Crippen molar-refractivity contribution in [2.45, 2.75) is 23.8 Å². The second-order valence-corrected chi connectivity index (χ2v) is 8.21. The molecule has 0 atom stereocenters. The lowest BCUT2D eigenvalue weighted by molar-refractivity contribution is 0.0793. The molecular weight excluding hydrogens is 426 g/mol. The fourth-order valence-electron chi connectivity index (χ4n) is 3.00. The first-order valence-electron chi connectivity index (χ1n) is 8.79. The van der Waals surface area contributed by atoms with E-state index in [1.165, 1.54) is 11.8 Å². The lowest BCUT2D eigenvalue weighted by Crippen LogP contribution is -2.27. The quantitative estimate of drug-likeness (QED) is 0.517. The van der Waals surface area contributed by atoms with E-state index >= 15 is 0 Å². The minimum absolute atomic E-state index is 0.127. The second-order valence-electron chi connectivity index (χ2n) is 6.37. The van der Waals surface area contributed by atoms with Crippen molar-refractivity contribution in [3.05, 3.63) is 64.1 Å². The van der Waals surface area contributed by atoms with Crippen LogP contribution in [0.5, 0.6) is 0 Å². The van der Waals surface area contributed by atoms with Crippen LogP contribution >= 0.6 is 27.7 Å². The van der Waals surface area contributed by atoms with Gasteiger partial charge in [-0.3, -0.25) is 4.79 Å². The van der Waals surface area contributed by atoms with Gasteiger partial charge < -0.3 is 9.32 Å². The minimum Gasteiger partial charge on any atom is -0.411 e. The van der Waals surface area contributed by atoms with Crippen LogP contribution in [0.25, 0.3) is 11.5 Å². The summed E-state index contributed by atoms with van der Waals surface area (Å²) in [5.74, 6) is 1.34. The summed E-state index contributed by atoms with van der Waals surface area (Å²) in [6.07, 6.45) is 2.21. The lowest BCUT2D eigenvalue weighted by Gasteiger charge is -2.15. The third-order valence-electron chi connectivity index (χ3n) is 4.43. The van der Waals surface area contributed by atoms with E-state index in [1.807, 2.05) is 53.4 Å². The number of thioether (sulfide) groups is 1. The van der Waals surface area contributed by atoms with Gasteiger partial charge in [-0.15, -0.1) is 10.2 Å². The number of rotatable bonds is 5. The summed E-state index contributed by atoms with van der Waals surface area (Å²) in [6.45, 7) is 1.74. The molecule has 5 nitrogen and oxygen atoms in total. The average molecular weight is 444 g/mol. The van der Waals surface area contributed by atoms with E-state index in [2.05, 4.69) is 26.1 Å². The van der Waals surface area contributed by atoms with E-state index in [4.69, 9.17) is 4.42 Å². The number of nitrogens with zero attached hydrogens (tertiary/aromatic N) is 3. The van der Waals surface area contributed by atoms with Gasteiger partial charge in [0.25, 0.3) is 11.1 Å². The van der Waals surface area contributed by atoms with Gasteiger partial charge in [0.1, 0.15) is 0 Å². The molecule has 1 fully saturated rings. The van der Waals surface area contributed by atoms with Gasteiger partial charge in [-0.05, 0) is 48.7 Å². The Morgan fingerprint density at radius 1 is 1.11 bits per heavy atom. The topological polar surface area (TPSA) is 59.2 Å². The maximum Gasteiger partial charge on any atom is 0.277 e. The number of aromatic nitrogens is 2. The first-order valence-corrected chi connectivity index (χ1v) is 10.6. The van der Waals surface area contributed by atoms with E-state index in [9.17, 15) is 4.79 Å². The van der Waals surface area contributed by atoms with Gasteiger partial charge in [-0.1, -0.05) is 45.9 Å². The van der Waals surface area contributed by atoms with Crippen molar-refractivity contribution in [3.63, 3.8) is 0 Å². The third kappa shape index (κ3) is 4.42. The number of hydrogen-bond acceptors (Lipinski definition) is 5. The lowest BCUT2D eigenvalue weighted by atomic mass is 10.1. The predicted molar refractivity (Wildman–Crippen MR) is 109 cm³/mol. The van der Waals surface area contributed by atoms with Crippen LogP contribution in [0.15, 0.2) is 62.6 Å². The van der Waals surface area contributed by atoms with Crippen LogP contribution in [0.3, 0.4) is 0 Å². The SMILES string of the molecule is O=C(c1ccc(CSc2nnc(-c3cccc(Br)c3)o2)cc1)N1CCCC1. The van der Waals surface area contributed by atoms with E-state index in [-0.39, 0.29) is 5.91 Å². The molecule has 3 aromatic rings. The number of likely N-dealkylation sites (tertiary alicyclic amines) is 1. The molecule has 7 heteroatoms. The fraction of sp³-hybridized carbons (Fsp3) is 0.250. The summed E-state index contributed by atoms with van der Waals surface area (Å²) in [7, 11) is 0. The summed E-state index contributed by atoms with van der Waals surface area (Å²) < 4.78 is 6.70. The first kappa shape index (κ1) is 18.3. The van der Waals surface area contributed by atoms with Gasteiger partial charge in [0, 0.05) is 34.4 Å². The van der Waals surface area contributed by atoms with Gasteiger partial charge in [0.2, 0.25) is 5.89 Å². The molecule has 0 spiro atoms.